The Balaban J connectivity index is 2.70. The lowest BCUT2D eigenvalue weighted by Gasteiger charge is -2.22. The van der Waals surface area contributed by atoms with Gasteiger partial charge in [-0.2, -0.15) is 0 Å². The summed E-state index contributed by atoms with van der Waals surface area (Å²) in [6, 6.07) is 10.4. The molecule has 2 rings (SSSR count). The third kappa shape index (κ3) is 2.75. The first-order valence-electron chi connectivity index (χ1n) is 6.87. The molecule has 1 N–H and O–H groups in total. The second kappa shape index (κ2) is 4.26. The topological polar surface area (TPSA) is 20.2 Å². The van der Waals surface area contributed by atoms with E-state index in [1.165, 1.54) is 11.1 Å². The Hall–Kier alpha value is -1.50. The van der Waals surface area contributed by atoms with Crippen molar-refractivity contribution in [3.05, 3.63) is 41.5 Å². The first-order valence-corrected chi connectivity index (χ1v) is 6.87. The summed E-state index contributed by atoms with van der Waals surface area (Å²) in [7, 11) is 0. The number of phenolic OH excluding ortho intramolecular Hbond substituents is 1. The Morgan fingerprint density at radius 2 is 1.26 bits per heavy atom. The van der Waals surface area contributed by atoms with E-state index < -0.39 is 0 Å². The van der Waals surface area contributed by atoms with Gasteiger partial charge in [-0.25, -0.2) is 0 Å². The average molecular weight is 256 g/mol. The van der Waals surface area contributed by atoms with E-state index in [0.717, 1.165) is 10.8 Å². The van der Waals surface area contributed by atoms with E-state index >= 15 is 0 Å². The van der Waals surface area contributed by atoms with Crippen LogP contribution in [0.2, 0.25) is 0 Å². The molecule has 0 amide bonds. The van der Waals surface area contributed by atoms with Gasteiger partial charge in [-0.15, -0.1) is 0 Å². The van der Waals surface area contributed by atoms with Gasteiger partial charge in [0.25, 0.3) is 0 Å². The third-order valence-corrected chi connectivity index (χ3v) is 3.66. The summed E-state index contributed by atoms with van der Waals surface area (Å²) >= 11 is 0. The molecule has 0 saturated heterocycles. The molecule has 0 atom stereocenters. The van der Waals surface area contributed by atoms with E-state index in [4.69, 9.17) is 0 Å². The molecule has 0 aromatic heterocycles. The van der Waals surface area contributed by atoms with Crippen LogP contribution in [0.5, 0.6) is 5.75 Å². The van der Waals surface area contributed by atoms with Gasteiger partial charge in [-0.05, 0) is 33.4 Å². The highest BCUT2D eigenvalue weighted by Gasteiger charge is 2.18. The summed E-state index contributed by atoms with van der Waals surface area (Å²) < 4.78 is 0. The standard InChI is InChI=1S/C18H24O/c1-17(2,3)13-7-8-15-12(9-13)10-14(11-16(15)19)18(4,5)6/h7-11,19H,1-6H3. The molecule has 102 valence electrons. The van der Waals surface area contributed by atoms with Crippen molar-refractivity contribution in [3.8, 4) is 5.75 Å². The van der Waals surface area contributed by atoms with Crippen LogP contribution in [0.25, 0.3) is 10.8 Å². The Kier molecular flexibility index (Phi) is 3.12. The average Bonchev–Trinajstić information content (AvgIpc) is 2.25. The van der Waals surface area contributed by atoms with E-state index in [9.17, 15) is 5.11 Å². The molecule has 0 aliphatic carbocycles. The second-order valence-corrected chi connectivity index (χ2v) is 7.43. The molecule has 0 bridgehead atoms. The molecule has 2 aromatic carbocycles. The van der Waals surface area contributed by atoms with Gasteiger partial charge >= 0.3 is 0 Å². The van der Waals surface area contributed by atoms with Crippen molar-refractivity contribution < 1.29 is 5.11 Å². The summed E-state index contributed by atoms with van der Waals surface area (Å²) in [4.78, 5) is 0. The normalized spacial score (nSPS) is 12.9. The lowest BCUT2D eigenvalue weighted by atomic mass is 9.83. The molecular weight excluding hydrogens is 232 g/mol. The van der Waals surface area contributed by atoms with Crippen LogP contribution in [-0.4, -0.2) is 5.11 Å². The Morgan fingerprint density at radius 1 is 0.737 bits per heavy atom. The molecule has 0 aliphatic heterocycles. The van der Waals surface area contributed by atoms with Gasteiger partial charge in [0.2, 0.25) is 0 Å². The highest BCUT2D eigenvalue weighted by molar-refractivity contribution is 5.89. The fourth-order valence-electron chi connectivity index (χ4n) is 2.25. The van der Waals surface area contributed by atoms with E-state index in [1.807, 2.05) is 12.1 Å². The van der Waals surface area contributed by atoms with Crippen LogP contribution in [0.1, 0.15) is 52.7 Å². The van der Waals surface area contributed by atoms with E-state index in [0.29, 0.717) is 5.75 Å². The number of hydrogen-bond acceptors (Lipinski definition) is 1. The predicted octanol–water partition coefficient (Wildman–Crippen LogP) is 5.14. The number of phenols is 1. The second-order valence-electron chi connectivity index (χ2n) is 7.43. The van der Waals surface area contributed by atoms with Crippen LogP contribution in [0.3, 0.4) is 0 Å². The molecule has 0 unspecified atom stereocenters. The van der Waals surface area contributed by atoms with Crippen molar-refractivity contribution in [1.29, 1.82) is 0 Å². The van der Waals surface area contributed by atoms with Gasteiger partial charge in [0.05, 0.1) is 0 Å². The molecule has 1 nitrogen and oxygen atoms in total. The van der Waals surface area contributed by atoms with Crippen molar-refractivity contribution in [2.75, 3.05) is 0 Å². The maximum Gasteiger partial charge on any atom is 0.123 e. The summed E-state index contributed by atoms with van der Waals surface area (Å²) in [5.41, 5.74) is 2.64. The van der Waals surface area contributed by atoms with E-state index in [1.54, 1.807) is 0 Å². The SMILES string of the molecule is CC(C)(C)c1ccc2c(O)cc(C(C)(C)C)cc2c1. The smallest absolute Gasteiger partial charge is 0.123 e. The van der Waals surface area contributed by atoms with Crippen LogP contribution >= 0.6 is 0 Å². The number of benzene rings is 2. The van der Waals surface area contributed by atoms with Crippen molar-refractivity contribution in [2.24, 2.45) is 0 Å². The van der Waals surface area contributed by atoms with Crippen LogP contribution < -0.4 is 0 Å². The lowest BCUT2D eigenvalue weighted by Crippen LogP contribution is -2.12. The van der Waals surface area contributed by atoms with Crippen LogP contribution in [0.15, 0.2) is 30.3 Å². The maximum atomic E-state index is 10.2. The van der Waals surface area contributed by atoms with Crippen molar-refractivity contribution in [1.82, 2.24) is 0 Å². The van der Waals surface area contributed by atoms with Crippen LogP contribution in [-0.2, 0) is 10.8 Å². The molecule has 0 heterocycles. The Labute approximate surface area is 116 Å². The summed E-state index contributed by atoms with van der Waals surface area (Å²) in [6.07, 6.45) is 0. The number of fused-ring (bicyclic) bond motifs is 1. The molecule has 0 radical (unpaired) electrons. The Bertz CT molecular complexity index is 605. The third-order valence-electron chi connectivity index (χ3n) is 3.66. The van der Waals surface area contributed by atoms with Gasteiger partial charge in [0.1, 0.15) is 5.75 Å². The number of aromatic hydroxyl groups is 1. The molecule has 0 spiro atoms. The zero-order valence-corrected chi connectivity index (χ0v) is 12.8. The van der Waals surface area contributed by atoms with E-state index in [-0.39, 0.29) is 10.8 Å². The zero-order chi connectivity index (χ0) is 14.4. The zero-order valence-electron chi connectivity index (χ0n) is 12.8. The maximum absolute atomic E-state index is 10.2. The fraction of sp³-hybridized carbons (Fsp3) is 0.444. The lowest BCUT2D eigenvalue weighted by molar-refractivity contribution is 0.477. The monoisotopic (exact) mass is 256 g/mol. The molecule has 0 saturated carbocycles. The Morgan fingerprint density at radius 3 is 1.79 bits per heavy atom. The summed E-state index contributed by atoms with van der Waals surface area (Å²) in [5.74, 6) is 0.378. The molecule has 0 aliphatic rings. The van der Waals surface area contributed by atoms with Gasteiger partial charge in [-0.3, -0.25) is 0 Å². The fourth-order valence-corrected chi connectivity index (χ4v) is 2.25. The van der Waals surface area contributed by atoms with Gasteiger partial charge < -0.3 is 5.11 Å². The van der Waals surface area contributed by atoms with Crippen molar-refractivity contribution in [3.63, 3.8) is 0 Å². The minimum Gasteiger partial charge on any atom is -0.507 e. The van der Waals surface area contributed by atoms with Crippen LogP contribution in [0, 0.1) is 0 Å². The quantitative estimate of drug-likeness (QED) is 0.692. The minimum atomic E-state index is 0.0450. The minimum absolute atomic E-state index is 0.0450. The summed E-state index contributed by atoms with van der Waals surface area (Å²) in [6.45, 7) is 13.1. The highest BCUT2D eigenvalue weighted by Crippen LogP contribution is 2.34. The van der Waals surface area contributed by atoms with Crippen LogP contribution in [0.4, 0.5) is 0 Å². The summed E-state index contributed by atoms with van der Waals surface area (Å²) in [5, 5.41) is 12.3. The van der Waals surface area contributed by atoms with Crippen molar-refractivity contribution in [2.45, 2.75) is 52.4 Å². The number of rotatable bonds is 0. The molecule has 1 heteroatoms. The van der Waals surface area contributed by atoms with Gasteiger partial charge in [-0.1, -0.05) is 65.8 Å². The molecule has 2 aromatic rings. The molecular formula is C18H24O. The molecule has 19 heavy (non-hydrogen) atoms. The predicted molar refractivity (Wildman–Crippen MR) is 83.0 cm³/mol. The molecule has 0 fully saturated rings. The first-order chi connectivity index (χ1) is 8.59. The number of hydrogen-bond donors (Lipinski definition) is 1. The van der Waals surface area contributed by atoms with Gasteiger partial charge in [0, 0.05) is 5.39 Å². The first kappa shape index (κ1) is 13.9. The van der Waals surface area contributed by atoms with E-state index in [2.05, 4.69) is 59.7 Å². The highest BCUT2D eigenvalue weighted by atomic mass is 16.3. The largest absolute Gasteiger partial charge is 0.507 e. The van der Waals surface area contributed by atoms with Gasteiger partial charge in [0.15, 0.2) is 0 Å². The van der Waals surface area contributed by atoms with Crippen molar-refractivity contribution >= 4 is 10.8 Å².